The molecule has 3 atom stereocenters. The fraction of sp³-hybridized carbons (Fsp3) is 0.647. The van der Waals surface area contributed by atoms with Crippen LogP contribution in [0.3, 0.4) is 0 Å². The van der Waals surface area contributed by atoms with E-state index < -0.39 is 0 Å². The molecule has 0 radical (unpaired) electrons. The molecule has 0 bridgehead atoms. The van der Waals surface area contributed by atoms with Gasteiger partial charge in [0.15, 0.2) is 0 Å². The second-order valence-corrected chi connectivity index (χ2v) is 6.72. The first kappa shape index (κ1) is 14.1. The summed E-state index contributed by atoms with van der Waals surface area (Å²) in [6.45, 7) is 0. The fourth-order valence-corrected chi connectivity index (χ4v) is 4.25. The summed E-state index contributed by atoms with van der Waals surface area (Å²) < 4.78 is 5.20. The van der Waals surface area contributed by atoms with Gasteiger partial charge in [0, 0.05) is 11.7 Å². The van der Waals surface area contributed by atoms with Gasteiger partial charge in [-0.1, -0.05) is 37.3 Å². The number of halogens is 1. The summed E-state index contributed by atoms with van der Waals surface area (Å²) in [4.78, 5) is 0. The highest BCUT2D eigenvalue weighted by atomic mass is 35.5. The number of methoxy groups -OCH3 is 1. The van der Waals surface area contributed by atoms with E-state index in [1.54, 1.807) is 7.11 Å². The Balaban J connectivity index is 1.62. The van der Waals surface area contributed by atoms with Gasteiger partial charge < -0.3 is 10.1 Å². The molecular formula is C17H24ClNO. The predicted octanol–water partition coefficient (Wildman–Crippen LogP) is 5.12. The number of rotatable bonds is 3. The highest BCUT2D eigenvalue weighted by Gasteiger charge is 2.32. The first-order valence-corrected chi connectivity index (χ1v) is 8.24. The van der Waals surface area contributed by atoms with E-state index >= 15 is 0 Å². The van der Waals surface area contributed by atoms with Crippen molar-refractivity contribution in [2.45, 2.75) is 51.0 Å². The Morgan fingerprint density at radius 2 is 1.90 bits per heavy atom. The van der Waals surface area contributed by atoms with E-state index in [4.69, 9.17) is 16.3 Å². The van der Waals surface area contributed by atoms with Crippen LogP contribution in [0.5, 0.6) is 5.75 Å². The zero-order chi connectivity index (χ0) is 13.9. The zero-order valence-electron chi connectivity index (χ0n) is 12.2. The minimum Gasteiger partial charge on any atom is -0.495 e. The number of hydrogen-bond acceptors (Lipinski definition) is 2. The standard InChI is InChI=1S/C17H24ClNO/c1-20-17-9-8-15(11-16(17)18)19-14-7-6-12-4-2-3-5-13(12)10-14/h8-9,11-14,19H,2-7,10H2,1H3. The van der Waals surface area contributed by atoms with Crippen molar-refractivity contribution in [3.8, 4) is 5.75 Å². The van der Waals surface area contributed by atoms with Gasteiger partial charge in [-0.05, 0) is 49.3 Å². The largest absolute Gasteiger partial charge is 0.495 e. The molecule has 0 amide bonds. The third-order valence-corrected chi connectivity index (χ3v) is 5.36. The number of nitrogens with one attached hydrogen (secondary N) is 1. The smallest absolute Gasteiger partial charge is 0.137 e. The Morgan fingerprint density at radius 3 is 2.65 bits per heavy atom. The van der Waals surface area contributed by atoms with Gasteiger partial charge in [0.2, 0.25) is 0 Å². The second-order valence-electron chi connectivity index (χ2n) is 6.31. The number of benzene rings is 1. The van der Waals surface area contributed by atoms with Gasteiger partial charge in [0.25, 0.3) is 0 Å². The number of fused-ring (bicyclic) bond motifs is 1. The molecule has 20 heavy (non-hydrogen) atoms. The number of ether oxygens (including phenoxy) is 1. The molecule has 0 heterocycles. The minimum atomic E-state index is 0.610. The zero-order valence-corrected chi connectivity index (χ0v) is 13.0. The van der Waals surface area contributed by atoms with Crippen molar-refractivity contribution in [3.05, 3.63) is 23.2 Å². The molecule has 2 saturated carbocycles. The van der Waals surface area contributed by atoms with Crippen molar-refractivity contribution in [2.75, 3.05) is 12.4 Å². The van der Waals surface area contributed by atoms with E-state index in [-0.39, 0.29) is 0 Å². The predicted molar refractivity (Wildman–Crippen MR) is 84.7 cm³/mol. The molecule has 3 heteroatoms. The van der Waals surface area contributed by atoms with Crippen LogP contribution in [-0.4, -0.2) is 13.2 Å². The maximum absolute atomic E-state index is 6.19. The van der Waals surface area contributed by atoms with Gasteiger partial charge in [-0.3, -0.25) is 0 Å². The van der Waals surface area contributed by atoms with Gasteiger partial charge in [0.05, 0.1) is 12.1 Å². The van der Waals surface area contributed by atoms with E-state index in [2.05, 4.69) is 11.4 Å². The van der Waals surface area contributed by atoms with Gasteiger partial charge in [-0.25, -0.2) is 0 Å². The summed E-state index contributed by atoms with van der Waals surface area (Å²) >= 11 is 6.19. The van der Waals surface area contributed by atoms with Crippen molar-refractivity contribution < 1.29 is 4.74 Å². The maximum Gasteiger partial charge on any atom is 0.137 e. The molecule has 2 aliphatic rings. The second kappa shape index (κ2) is 6.26. The van der Waals surface area contributed by atoms with Crippen molar-refractivity contribution in [2.24, 2.45) is 11.8 Å². The van der Waals surface area contributed by atoms with Crippen molar-refractivity contribution >= 4 is 17.3 Å². The fourth-order valence-electron chi connectivity index (χ4n) is 4.00. The molecule has 1 aromatic rings. The van der Waals surface area contributed by atoms with Crippen LogP contribution in [0.4, 0.5) is 5.69 Å². The Bertz CT molecular complexity index is 462. The summed E-state index contributed by atoms with van der Waals surface area (Å²) in [6.07, 6.45) is 9.80. The lowest BCUT2D eigenvalue weighted by Gasteiger charge is -2.39. The lowest BCUT2D eigenvalue weighted by molar-refractivity contribution is 0.162. The molecule has 0 spiro atoms. The van der Waals surface area contributed by atoms with Crippen molar-refractivity contribution in [1.29, 1.82) is 0 Å². The van der Waals surface area contributed by atoms with Crippen LogP contribution in [-0.2, 0) is 0 Å². The third-order valence-electron chi connectivity index (χ3n) is 5.06. The average molecular weight is 294 g/mol. The maximum atomic E-state index is 6.19. The molecular weight excluding hydrogens is 270 g/mol. The molecule has 2 nitrogen and oxygen atoms in total. The molecule has 1 aromatic carbocycles. The Labute approximate surface area is 126 Å². The Kier molecular flexibility index (Phi) is 4.40. The Hall–Kier alpha value is -0.890. The normalized spacial score (nSPS) is 29.6. The summed E-state index contributed by atoms with van der Waals surface area (Å²) in [7, 11) is 1.65. The van der Waals surface area contributed by atoms with Gasteiger partial charge in [-0.2, -0.15) is 0 Å². The molecule has 0 aromatic heterocycles. The van der Waals surface area contributed by atoms with Gasteiger partial charge in [-0.15, -0.1) is 0 Å². The Morgan fingerprint density at radius 1 is 1.10 bits per heavy atom. The lowest BCUT2D eigenvalue weighted by atomic mass is 9.69. The lowest BCUT2D eigenvalue weighted by Crippen LogP contribution is -2.34. The van der Waals surface area contributed by atoms with Gasteiger partial charge in [0.1, 0.15) is 5.75 Å². The SMILES string of the molecule is COc1ccc(NC2CCC3CCCCC3C2)cc1Cl. The minimum absolute atomic E-state index is 0.610. The molecule has 2 aliphatic carbocycles. The van der Waals surface area contributed by atoms with Crippen molar-refractivity contribution in [3.63, 3.8) is 0 Å². The van der Waals surface area contributed by atoms with E-state index in [0.717, 1.165) is 23.3 Å². The van der Waals surface area contributed by atoms with Crippen LogP contribution >= 0.6 is 11.6 Å². The molecule has 0 saturated heterocycles. The molecule has 2 fully saturated rings. The topological polar surface area (TPSA) is 21.3 Å². The number of anilines is 1. The summed E-state index contributed by atoms with van der Waals surface area (Å²) in [6, 6.07) is 6.60. The highest BCUT2D eigenvalue weighted by molar-refractivity contribution is 6.32. The summed E-state index contributed by atoms with van der Waals surface area (Å²) in [5.74, 6) is 2.69. The van der Waals surface area contributed by atoms with Crippen LogP contribution in [0.25, 0.3) is 0 Å². The van der Waals surface area contributed by atoms with Crippen LogP contribution in [0.2, 0.25) is 5.02 Å². The van der Waals surface area contributed by atoms with E-state index in [9.17, 15) is 0 Å². The van der Waals surface area contributed by atoms with Crippen LogP contribution < -0.4 is 10.1 Å². The molecule has 110 valence electrons. The monoisotopic (exact) mass is 293 g/mol. The van der Waals surface area contributed by atoms with E-state index in [1.807, 2.05) is 12.1 Å². The number of hydrogen-bond donors (Lipinski definition) is 1. The summed E-state index contributed by atoms with van der Waals surface area (Å²) in [5.41, 5.74) is 1.12. The third kappa shape index (κ3) is 3.06. The molecule has 0 aliphatic heterocycles. The van der Waals surface area contributed by atoms with Gasteiger partial charge >= 0.3 is 0 Å². The quantitative estimate of drug-likeness (QED) is 0.835. The first-order chi connectivity index (χ1) is 9.76. The molecule has 1 N–H and O–H groups in total. The van der Waals surface area contributed by atoms with E-state index in [1.165, 1.54) is 44.9 Å². The van der Waals surface area contributed by atoms with Crippen LogP contribution in [0.15, 0.2) is 18.2 Å². The summed E-state index contributed by atoms with van der Waals surface area (Å²) in [5, 5.41) is 4.35. The van der Waals surface area contributed by atoms with Crippen LogP contribution in [0, 0.1) is 11.8 Å². The molecule has 3 rings (SSSR count). The van der Waals surface area contributed by atoms with E-state index in [0.29, 0.717) is 11.1 Å². The first-order valence-electron chi connectivity index (χ1n) is 7.86. The molecule has 3 unspecified atom stereocenters. The highest BCUT2D eigenvalue weighted by Crippen LogP contribution is 2.41. The average Bonchev–Trinajstić information content (AvgIpc) is 2.47. The van der Waals surface area contributed by atoms with Crippen molar-refractivity contribution in [1.82, 2.24) is 0 Å². The van der Waals surface area contributed by atoms with Crippen LogP contribution in [0.1, 0.15) is 44.9 Å².